The van der Waals surface area contributed by atoms with Crippen molar-refractivity contribution in [3.63, 3.8) is 0 Å². The number of pyridine rings is 1. The van der Waals surface area contributed by atoms with Gasteiger partial charge in [0.1, 0.15) is 11.8 Å². The maximum Gasteiger partial charge on any atom is 0.342 e. The van der Waals surface area contributed by atoms with Gasteiger partial charge in [-0.1, -0.05) is 0 Å². The Bertz CT molecular complexity index is 579. The lowest BCUT2D eigenvalue weighted by Crippen LogP contribution is -2.07. The van der Waals surface area contributed by atoms with Crippen LogP contribution < -0.4 is 0 Å². The van der Waals surface area contributed by atoms with Crippen molar-refractivity contribution in [3.8, 4) is 5.82 Å². The van der Waals surface area contributed by atoms with Crippen LogP contribution in [-0.2, 0) is 0 Å². The normalized spacial score (nSPS) is 10.1. The Morgan fingerprint density at radius 2 is 2.29 bits per heavy atom. The highest BCUT2D eigenvalue weighted by Gasteiger charge is 2.21. The van der Waals surface area contributed by atoms with Crippen molar-refractivity contribution in [2.45, 2.75) is 0 Å². The van der Waals surface area contributed by atoms with E-state index < -0.39 is 22.1 Å². The van der Waals surface area contributed by atoms with Gasteiger partial charge in [-0.2, -0.15) is 5.10 Å². The van der Waals surface area contributed by atoms with Crippen molar-refractivity contribution in [2.75, 3.05) is 0 Å². The standard InChI is InChI=1S/C9H6N4O4/c14-9(15)6-4-8(12-3-1-2-11-12)10-5-7(6)13(16)17/h1-5H,(H,14,15). The van der Waals surface area contributed by atoms with Crippen molar-refractivity contribution >= 4 is 11.7 Å². The third kappa shape index (κ3) is 1.95. The Labute approximate surface area is 94.3 Å². The minimum Gasteiger partial charge on any atom is -0.477 e. The summed E-state index contributed by atoms with van der Waals surface area (Å²) in [4.78, 5) is 24.5. The maximum absolute atomic E-state index is 10.9. The first-order chi connectivity index (χ1) is 8.09. The average molecular weight is 234 g/mol. The Kier molecular flexibility index (Phi) is 2.53. The van der Waals surface area contributed by atoms with Crippen LogP contribution in [0.25, 0.3) is 5.82 Å². The van der Waals surface area contributed by atoms with Gasteiger partial charge in [-0.05, 0) is 6.07 Å². The first kappa shape index (κ1) is 10.7. The van der Waals surface area contributed by atoms with Crippen LogP contribution in [0, 0.1) is 10.1 Å². The molecular formula is C9H6N4O4. The molecule has 0 aliphatic carbocycles. The molecule has 0 bridgehead atoms. The molecule has 0 aliphatic heterocycles. The van der Waals surface area contributed by atoms with Crippen molar-refractivity contribution in [2.24, 2.45) is 0 Å². The summed E-state index contributed by atoms with van der Waals surface area (Å²) in [7, 11) is 0. The zero-order chi connectivity index (χ0) is 12.4. The summed E-state index contributed by atoms with van der Waals surface area (Å²) in [5.41, 5.74) is -0.969. The number of nitrogens with zero attached hydrogens (tertiary/aromatic N) is 4. The van der Waals surface area contributed by atoms with E-state index in [2.05, 4.69) is 10.1 Å². The van der Waals surface area contributed by atoms with E-state index in [0.717, 1.165) is 12.3 Å². The van der Waals surface area contributed by atoms with E-state index in [0.29, 0.717) is 0 Å². The monoisotopic (exact) mass is 234 g/mol. The number of carboxylic acid groups (broad SMARTS) is 1. The number of nitro groups is 1. The molecule has 0 fully saturated rings. The van der Waals surface area contributed by atoms with Crippen LogP contribution in [0.5, 0.6) is 0 Å². The summed E-state index contributed by atoms with van der Waals surface area (Å²) < 4.78 is 1.32. The van der Waals surface area contributed by atoms with Crippen LogP contribution in [0.3, 0.4) is 0 Å². The summed E-state index contributed by atoms with van der Waals surface area (Å²) in [6, 6.07) is 2.73. The summed E-state index contributed by atoms with van der Waals surface area (Å²) >= 11 is 0. The van der Waals surface area contributed by atoms with Crippen LogP contribution in [0.4, 0.5) is 5.69 Å². The predicted octanol–water partition coefficient (Wildman–Crippen LogP) is 0.874. The number of hydrogen-bond donors (Lipinski definition) is 1. The minimum absolute atomic E-state index is 0.206. The van der Waals surface area contributed by atoms with Crippen LogP contribution >= 0.6 is 0 Å². The topological polar surface area (TPSA) is 111 Å². The van der Waals surface area contributed by atoms with Crippen LogP contribution in [-0.4, -0.2) is 30.8 Å². The van der Waals surface area contributed by atoms with Gasteiger partial charge in [0.25, 0.3) is 0 Å². The van der Waals surface area contributed by atoms with E-state index in [-0.39, 0.29) is 5.82 Å². The summed E-state index contributed by atoms with van der Waals surface area (Å²) in [6.45, 7) is 0. The smallest absolute Gasteiger partial charge is 0.342 e. The molecule has 0 radical (unpaired) electrons. The summed E-state index contributed by atoms with van der Waals surface area (Å²) in [6.07, 6.45) is 3.95. The fourth-order valence-electron chi connectivity index (χ4n) is 1.28. The molecule has 0 atom stereocenters. The molecule has 2 aromatic heterocycles. The summed E-state index contributed by atoms with van der Waals surface area (Å²) in [5, 5.41) is 23.3. The second kappa shape index (κ2) is 4.00. The molecule has 86 valence electrons. The lowest BCUT2D eigenvalue weighted by molar-refractivity contribution is -0.385. The highest BCUT2D eigenvalue weighted by atomic mass is 16.6. The van der Waals surface area contributed by atoms with Crippen LogP contribution in [0.1, 0.15) is 10.4 Å². The first-order valence-corrected chi connectivity index (χ1v) is 4.47. The maximum atomic E-state index is 10.9. The fraction of sp³-hybridized carbons (Fsp3) is 0. The highest BCUT2D eigenvalue weighted by molar-refractivity contribution is 5.92. The van der Waals surface area contributed by atoms with Gasteiger partial charge in [0.15, 0.2) is 5.82 Å². The second-order valence-electron chi connectivity index (χ2n) is 3.07. The van der Waals surface area contributed by atoms with Gasteiger partial charge < -0.3 is 5.11 Å². The molecule has 2 aromatic rings. The van der Waals surface area contributed by atoms with E-state index >= 15 is 0 Å². The number of rotatable bonds is 3. The van der Waals surface area contributed by atoms with Crippen molar-refractivity contribution in [1.29, 1.82) is 0 Å². The molecule has 2 rings (SSSR count). The van der Waals surface area contributed by atoms with Gasteiger partial charge in [0.2, 0.25) is 0 Å². The van der Waals surface area contributed by atoms with Crippen molar-refractivity contribution in [3.05, 3.63) is 46.4 Å². The van der Waals surface area contributed by atoms with E-state index in [1.54, 1.807) is 12.3 Å². The fourth-order valence-corrected chi connectivity index (χ4v) is 1.28. The largest absolute Gasteiger partial charge is 0.477 e. The Hall–Kier alpha value is -2.77. The molecule has 17 heavy (non-hydrogen) atoms. The number of aromatic nitrogens is 3. The minimum atomic E-state index is -1.38. The number of carboxylic acids is 1. The van der Waals surface area contributed by atoms with Gasteiger partial charge in [-0.25, -0.2) is 14.5 Å². The first-order valence-electron chi connectivity index (χ1n) is 4.47. The van der Waals surface area contributed by atoms with Crippen LogP contribution in [0.15, 0.2) is 30.7 Å². The van der Waals surface area contributed by atoms with Crippen molar-refractivity contribution < 1.29 is 14.8 Å². The SMILES string of the molecule is O=C(O)c1cc(-n2cccn2)ncc1[N+](=O)[O-]. The molecule has 0 amide bonds. The van der Waals surface area contributed by atoms with Gasteiger partial charge in [-0.3, -0.25) is 10.1 Å². The number of hydrogen-bond acceptors (Lipinski definition) is 5. The average Bonchev–Trinajstić information content (AvgIpc) is 2.81. The molecule has 8 heteroatoms. The molecule has 0 unspecified atom stereocenters. The van der Waals surface area contributed by atoms with E-state index in [1.165, 1.54) is 10.9 Å². The quantitative estimate of drug-likeness (QED) is 0.623. The Morgan fingerprint density at radius 1 is 1.53 bits per heavy atom. The van der Waals surface area contributed by atoms with E-state index in [4.69, 9.17) is 5.11 Å². The molecular weight excluding hydrogens is 228 g/mol. The lowest BCUT2D eigenvalue weighted by atomic mass is 10.2. The Morgan fingerprint density at radius 3 is 2.82 bits per heavy atom. The Balaban J connectivity index is 2.57. The number of aromatic carboxylic acids is 1. The lowest BCUT2D eigenvalue weighted by Gasteiger charge is -2.02. The molecule has 0 spiro atoms. The van der Waals surface area contributed by atoms with Gasteiger partial charge in [0.05, 0.1) is 4.92 Å². The zero-order valence-electron chi connectivity index (χ0n) is 8.35. The second-order valence-corrected chi connectivity index (χ2v) is 3.07. The van der Waals surface area contributed by atoms with Gasteiger partial charge in [0, 0.05) is 18.5 Å². The highest BCUT2D eigenvalue weighted by Crippen LogP contribution is 2.19. The molecule has 2 heterocycles. The van der Waals surface area contributed by atoms with Crippen LogP contribution in [0.2, 0.25) is 0 Å². The molecule has 0 aromatic carbocycles. The third-order valence-corrected chi connectivity index (χ3v) is 2.03. The molecule has 0 saturated heterocycles. The summed E-state index contributed by atoms with van der Waals surface area (Å²) in [5.74, 6) is -1.18. The van der Waals surface area contributed by atoms with E-state index in [1.807, 2.05) is 0 Å². The molecule has 8 nitrogen and oxygen atoms in total. The number of carbonyl (C=O) groups is 1. The zero-order valence-corrected chi connectivity index (χ0v) is 8.35. The molecule has 0 aliphatic rings. The van der Waals surface area contributed by atoms with Gasteiger partial charge >= 0.3 is 11.7 Å². The molecule has 1 N–H and O–H groups in total. The van der Waals surface area contributed by atoms with Crippen molar-refractivity contribution in [1.82, 2.24) is 14.8 Å². The molecule has 0 saturated carbocycles. The van der Waals surface area contributed by atoms with E-state index in [9.17, 15) is 14.9 Å². The third-order valence-electron chi connectivity index (χ3n) is 2.03. The predicted molar refractivity (Wildman–Crippen MR) is 55.0 cm³/mol. The van der Waals surface area contributed by atoms with Gasteiger partial charge in [-0.15, -0.1) is 0 Å².